The van der Waals surface area contributed by atoms with Crippen LogP contribution in [0.3, 0.4) is 0 Å². The standard InChI is InChI=1S/C24H17N3O7S4/c28-15-9-17(38-20-14(27(33)34)11-36-21(15)20)35-7-6-13-10-37-23-18(22(30)26(23)19(13)24(31)32)25-16(29)8-12-4-2-1-3-5-12/h1-7,9,11,18,23H,8,10H2,(H,25,29)(H,31,32)/t18?,23-/m0/s1. The van der Waals surface area contributed by atoms with Gasteiger partial charge in [0, 0.05) is 11.8 Å². The summed E-state index contributed by atoms with van der Waals surface area (Å²) < 4.78 is 1.14. The molecule has 10 nitrogen and oxygen atoms in total. The predicted molar refractivity (Wildman–Crippen MR) is 147 cm³/mol. The second-order valence-corrected chi connectivity index (χ2v) is 12.4. The van der Waals surface area contributed by atoms with E-state index in [0.717, 1.165) is 40.0 Å². The summed E-state index contributed by atoms with van der Waals surface area (Å²) in [6.07, 6.45) is 1.68. The van der Waals surface area contributed by atoms with Gasteiger partial charge in [-0.3, -0.25) is 29.4 Å². The summed E-state index contributed by atoms with van der Waals surface area (Å²) in [5.41, 5.74) is 0.621. The molecule has 0 radical (unpaired) electrons. The highest BCUT2D eigenvalue weighted by molar-refractivity contribution is 8.04. The number of carboxylic acid groups (broad SMARTS) is 1. The van der Waals surface area contributed by atoms with Gasteiger partial charge in [0.05, 0.1) is 25.6 Å². The zero-order valence-electron chi connectivity index (χ0n) is 19.2. The van der Waals surface area contributed by atoms with Gasteiger partial charge in [-0.1, -0.05) is 42.1 Å². The number of carbonyl (C=O) groups is 3. The Kier molecular flexibility index (Phi) is 7.38. The van der Waals surface area contributed by atoms with Crippen LogP contribution in [0.15, 0.2) is 73.5 Å². The van der Waals surface area contributed by atoms with Crippen LogP contribution in [0.1, 0.15) is 5.56 Å². The minimum Gasteiger partial charge on any atom is -0.477 e. The Morgan fingerprint density at radius 1 is 1.24 bits per heavy atom. The number of nitrogens with zero attached hydrogens (tertiary/aromatic N) is 2. The first-order chi connectivity index (χ1) is 18.2. The number of amides is 2. The molecule has 2 aliphatic rings. The molecule has 4 heterocycles. The highest BCUT2D eigenvalue weighted by Crippen LogP contribution is 2.41. The zero-order chi connectivity index (χ0) is 27.0. The maximum atomic E-state index is 12.8. The number of nitrogens with one attached hydrogen (secondary N) is 1. The van der Waals surface area contributed by atoms with Gasteiger partial charge in [-0.2, -0.15) is 0 Å². The number of thiophene rings is 1. The number of aliphatic carboxylic acids is 1. The van der Waals surface area contributed by atoms with Crippen molar-refractivity contribution in [2.45, 2.75) is 22.0 Å². The van der Waals surface area contributed by atoms with Gasteiger partial charge in [0.15, 0.2) is 5.43 Å². The fourth-order valence-electron chi connectivity index (χ4n) is 4.05. The van der Waals surface area contributed by atoms with Gasteiger partial charge in [-0.05, 0) is 22.6 Å². The summed E-state index contributed by atoms with van der Waals surface area (Å²) in [6.45, 7) is 0. The Labute approximate surface area is 231 Å². The maximum Gasteiger partial charge on any atom is 0.352 e. The third-order valence-electron chi connectivity index (χ3n) is 5.78. The van der Waals surface area contributed by atoms with Crippen molar-refractivity contribution in [2.24, 2.45) is 0 Å². The van der Waals surface area contributed by atoms with Gasteiger partial charge in [0.1, 0.15) is 21.8 Å². The molecule has 0 aliphatic carbocycles. The molecule has 1 aromatic carbocycles. The number of allylic oxidation sites excluding steroid dienone is 1. The molecule has 0 saturated carbocycles. The Balaban J connectivity index is 1.30. The lowest BCUT2D eigenvalue weighted by molar-refractivity contribution is -0.382. The van der Waals surface area contributed by atoms with Crippen molar-refractivity contribution in [3.63, 3.8) is 0 Å². The lowest BCUT2D eigenvalue weighted by Crippen LogP contribution is -2.70. The van der Waals surface area contributed by atoms with Gasteiger partial charge < -0.3 is 10.4 Å². The molecular formula is C24H17N3O7S4. The van der Waals surface area contributed by atoms with Crippen molar-refractivity contribution in [1.29, 1.82) is 0 Å². The number of fused-ring (bicyclic) bond motifs is 2. The third kappa shape index (κ3) is 4.99. The van der Waals surface area contributed by atoms with E-state index in [1.807, 2.05) is 30.3 Å². The molecule has 2 aromatic heterocycles. The Morgan fingerprint density at radius 2 is 2.00 bits per heavy atom. The first-order valence-corrected chi connectivity index (χ1v) is 14.6. The number of carbonyl (C=O) groups excluding carboxylic acids is 2. The van der Waals surface area contributed by atoms with Crippen LogP contribution < -0.4 is 10.7 Å². The van der Waals surface area contributed by atoms with E-state index in [1.54, 1.807) is 11.5 Å². The van der Waals surface area contributed by atoms with Crippen molar-refractivity contribution < 1.29 is 24.4 Å². The second kappa shape index (κ2) is 10.7. The number of thioether (sulfide) groups is 2. The van der Waals surface area contributed by atoms with Crippen molar-refractivity contribution in [2.75, 3.05) is 5.75 Å². The summed E-state index contributed by atoms with van der Waals surface area (Å²) in [7, 11) is 0. The average molecular weight is 588 g/mol. The molecule has 0 bridgehead atoms. The topological polar surface area (TPSA) is 147 Å². The maximum absolute atomic E-state index is 12.8. The molecular weight excluding hydrogens is 571 g/mol. The SMILES string of the molecule is O=C(Cc1ccccc1)NC1C(=O)N2C(C(=O)O)=C(C=CSc3cc(=O)c4scc([N+](=O)[O-])c4s3)CS[C@@H]12. The molecule has 1 unspecified atom stereocenters. The van der Waals surface area contributed by atoms with Gasteiger partial charge in [0.2, 0.25) is 5.91 Å². The molecule has 2 amide bonds. The molecule has 194 valence electrons. The molecule has 2 atom stereocenters. The van der Waals surface area contributed by atoms with E-state index >= 15 is 0 Å². The number of rotatable bonds is 8. The number of carboxylic acids is 1. The Morgan fingerprint density at radius 3 is 2.71 bits per heavy atom. The molecule has 14 heteroatoms. The number of hydrogen-bond acceptors (Lipinski definition) is 10. The van der Waals surface area contributed by atoms with Crippen molar-refractivity contribution >= 4 is 79.1 Å². The normalized spacial score (nSPS) is 18.9. The van der Waals surface area contributed by atoms with Crippen LogP contribution in [0.5, 0.6) is 0 Å². The first kappa shape index (κ1) is 26.2. The largest absolute Gasteiger partial charge is 0.477 e. The minimum atomic E-state index is -1.26. The van der Waals surface area contributed by atoms with E-state index in [9.17, 15) is 34.4 Å². The highest BCUT2D eigenvalue weighted by Gasteiger charge is 2.53. The van der Waals surface area contributed by atoms with E-state index in [2.05, 4.69) is 5.32 Å². The molecule has 1 fully saturated rings. The van der Waals surface area contributed by atoms with Crippen LogP contribution in [0, 0.1) is 10.1 Å². The zero-order valence-corrected chi connectivity index (χ0v) is 22.5. The van der Waals surface area contributed by atoms with Crippen molar-refractivity contribution in [1.82, 2.24) is 10.2 Å². The van der Waals surface area contributed by atoms with Crippen LogP contribution in [0.4, 0.5) is 5.69 Å². The molecule has 5 rings (SSSR count). The van der Waals surface area contributed by atoms with E-state index in [-0.39, 0.29) is 29.1 Å². The number of hydrogen-bond donors (Lipinski definition) is 2. The number of nitro groups is 1. The number of benzene rings is 1. The summed E-state index contributed by atoms with van der Waals surface area (Å²) >= 11 is 4.62. The predicted octanol–water partition coefficient (Wildman–Crippen LogP) is 3.82. The number of β-lactam (4-membered cyclic amide) rings is 1. The summed E-state index contributed by atoms with van der Waals surface area (Å²) in [6, 6.07) is 9.68. The van der Waals surface area contributed by atoms with Gasteiger partial charge in [0.25, 0.3) is 11.6 Å². The van der Waals surface area contributed by atoms with Crippen LogP contribution in [-0.4, -0.2) is 49.9 Å². The fourth-order valence-corrected chi connectivity index (χ4v) is 8.49. The smallest absolute Gasteiger partial charge is 0.352 e. The Bertz CT molecular complexity index is 1600. The quantitative estimate of drug-likeness (QED) is 0.174. The Hall–Kier alpha value is -3.46. The summed E-state index contributed by atoms with van der Waals surface area (Å²) in [5.74, 6) is -1.78. The third-order valence-corrected chi connectivity index (χ3v) is 10.3. The average Bonchev–Trinajstić information content (AvgIpc) is 3.32. The molecule has 3 aromatic rings. The second-order valence-electron chi connectivity index (χ2n) is 8.18. The lowest BCUT2D eigenvalue weighted by atomic mass is 10.0. The van der Waals surface area contributed by atoms with E-state index in [0.29, 0.717) is 24.9 Å². The monoisotopic (exact) mass is 587 g/mol. The molecule has 1 saturated heterocycles. The van der Waals surface area contributed by atoms with Crippen molar-refractivity contribution in [3.8, 4) is 0 Å². The van der Waals surface area contributed by atoms with Gasteiger partial charge >= 0.3 is 5.97 Å². The molecule has 2 aliphatic heterocycles. The van der Waals surface area contributed by atoms with E-state index in [4.69, 9.17) is 0 Å². The van der Waals surface area contributed by atoms with E-state index < -0.39 is 28.2 Å². The summed E-state index contributed by atoms with van der Waals surface area (Å²) in [5, 5.41) is 26.2. The van der Waals surface area contributed by atoms with Gasteiger partial charge in [-0.25, -0.2) is 4.79 Å². The van der Waals surface area contributed by atoms with Crippen LogP contribution >= 0.6 is 46.2 Å². The minimum absolute atomic E-state index is 0.112. The first-order valence-electron chi connectivity index (χ1n) is 11.0. The van der Waals surface area contributed by atoms with Crippen LogP contribution in [0.25, 0.3) is 9.40 Å². The molecule has 2 N–H and O–H groups in total. The van der Waals surface area contributed by atoms with Gasteiger partial charge in [-0.15, -0.1) is 34.4 Å². The lowest BCUT2D eigenvalue weighted by Gasteiger charge is -2.49. The summed E-state index contributed by atoms with van der Waals surface area (Å²) in [4.78, 5) is 61.6. The van der Waals surface area contributed by atoms with Crippen molar-refractivity contribution in [3.05, 3.63) is 90.4 Å². The van der Waals surface area contributed by atoms with E-state index in [1.165, 1.54) is 28.1 Å². The van der Waals surface area contributed by atoms with Crippen LogP contribution in [-0.2, 0) is 20.8 Å². The molecule has 0 spiro atoms. The fraction of sp³-hybridized carbons (Fsp3) is 0.167. The highest BCUT2D eigenvalue weighted by atomic mass is 32.2. The molecule has 38 heavy (non-hydrogen) atoms. The van der Waals surface area contributed by atoms with Crippen LogP contribution in [0.2, 0.25) is 0 Å².